The highest BCUT2D eigenvalue weighted by molar-refractivity contribution is 5.71. The van der Waals surface area contributed by atoms with Crippen LogP contribution in [0.2, 0.25) is 0 Å². The van der Waals surface area contributed by atoms with Crippen LogP contribution in [0.3, 0.4) is 0 Å². The summed E-state index contributed by atoms with van der Waals surface area (Å²) in [5.74, 6) is 0. The smallest absolute Gasteiger partial charge is 0.0446 e. The number of para-hydroxylation sites is 1. The van der Waals surface area contributed by atoms with Crippen LogP contribution in [-0.2, 0) is 13.0 Å². The monoisotopic (exact) mass is 238 g/mol. The van der Waals surface area contributed by atoms with Crippen LogP contribution in [-0.4, -0.2) is 6.04 Å². The summed E-state index contributed by atoms with van der Waals surface area (Å²) in [6, 6.07) is 17.7. The van der Waals surface area contributed by atoms with E-state index in [1.165, 1.54) is 22.5 Å². The number of fused-ring (bicyclic) bond motifs is 1. The van der Waals surface area contributed by atoms with Gasteiger partial charge in [-0.2, -0.15) is 0 Å². The molecule has 2 aromatic rings. The van der Waals surface area contributed by atoms with Gasteiger partial charge in [0.25, 0.3) is 0 Å². The number of hydrogen-bond acceptors (Lipinski definition) is 2. The first-order valence-corrected chi connectivity index (χ1v) is 6.46. The van der Waals surface area contributed by atoms with Crippen molar-refractivity contribution >= 4 is 11.4 Å². The van der Waals surface area contributed by atoms with Crippen LogP contribution in [0.15, 0.2) is 48.5 Å². The molecule has 2 aromatic carbocycles. The van der Waals surface area contributed by atoms with Gasteiger partial charge in [0.15, 0.2) is 0 Å². The van der Waals surface area contributed by atoms with Crippen molar-refractivity contribution in [2.75, 3.05) is 4.90 Å². The lowest BCUT2D eigenvalue weighted by Crippen LogP contribution is -2.23. The van der Waals surface area contributed by atoms with E-state index < -0.39 is 0 Å². The summed E-state index contributed by atoms with van der Waals surface area (Å²) >= 11 is 0. The summed E-state index contributed by atoms with van der Waals surface area (Å²) in [5.41, 5.74) is 10.9. The van der Waals surface area contributed by atoms with E-state index in [1.807, 2.05) is 0 Å². The van der Waals surface area contributed by atoms with E-state index in [1.54, 1.807) is 0 Å². The van der Waals surface area contributed by atoms with Gasteiger partial charge in [0.1, 0.15) is 0 Å². The Hall–Kier alpha value is -1.80. The Balaban J connectivity index is 2.00. The summed E-state index contributed by atoms with van der Waals surface area (Å²) in [6.45, 7) is 2.88. The van der Waals surface area contributed by atoms with Crippen molar-refractivity contribution in [3.63, 3.8) is 0 Å². The SMILES string of the molecule is CC1Cc2ccccc2N1c1ccc(CN)cc1. The molecule has 92 valence electrons. The molecule has 0 aliphatic carbocycles. The van der Waals surface area contributed by atoms with Gasteiger partial charge in [0, 0.05) is 24.0 Å². The molecule has 2 N–H and O–H groups in total. The van der Waals surface area contributed by atoms with Gasteiger partial charge in [-0.25, -0.2) is 0 Å². The zero-order valence-electron chi connectivity index (χ0n) is 10.6. The third kappa shape index (κ3) is 1.79. The van der Waals surface area contributed by atoms with Crippen molar-refractivity contribution < 1.29 is 0 Å². The largest absolute Gasteiger partial charge is 0.338 e. The molecule has 0 spiro atoms. The van der Waals surface area contributed by atoms with Gasteiger partial charge in [-0.05, 0) is 42.7 Å². The molecule has 1 unspecified atom stereocenters. The van der Waals surface area contributed by atoms with Crippen molar-refractivity contribution in [3.05, 3.63) is 59.7 Å². The topological polar surface area (TPSA) is 29.3 Å². The summed E-state index contributed by atoms with van der Waals surface area (Å²) in [7, 11) is 0. The molecule has 2 nitrogen and oxygen atoms in total. The maximum atomic E-state index is 5.64. The quantitative estimate of drug-likeness (QED) is 0.870. The first kappa shape index (κ1) is 11.3. The molecular weight excluding hydrogens is 220 g/mol. The highest BCUT2D eigenvalue weighted by atomic mass is 15.2. The molecule has 1 atom stereocenters. The minimum atomic E-state index is 0.520. The van der Waals surface area contributed by atoms with E-state index in [0.29, 0.717) is 12.6 Å². The average Bonchev–Trinajstić information content (AvgIpc) is 2.75. The number of anilines is 2. The Kier molecular flexibility index (Phi) is 2.80. The molecular formula is C16H18N2. The predicted molar refractivity (Wildman–Crippen MR) is 76.1 cm³/mol. The summed E-state index contributed by atoms with van der Waals surface area (Å²) in [6.07, 6.45) is 1.12. The van der Waals surface area contributed by atoms with Gasteiger partial charge in [0.05, 0.1) is 0 Å². The first-order valence-electron chi connectivity index (χ1n) is 6.46. The molecule has 18 heavy (non-hydrogen) atoms. The number of hydrogen-bond donors (Lipinski definition) is 1. The van der Waals surface area contributed by atoms with Gasteiger partial charge < -0.3 is 10.6 Å². The molecule has 0 amide bonds. The maximum Gasteiger partial charge on any atom is 0.0446 e. The lowest BCUT2D eigenvalue weighted by Gasteiger charge is -2.25. The minimum Gasteiger partial charge on any atom is -0.338 e. The zero-order chi connectivity index (χ0) is 12.5. The van der Waals surface area contributed by atoms with E-state index in [-0.39, 0.29) is 0 Å². The van der Waals surface area contributed by atoms with Gasteiger partial charge in [0.2, 0.25) is 0 Å². The summed E-state index contributed by atoms with van der Waals surface area (Å²) in [5, 5.41) is 0. The molecule has 0 saturated carbocycles. The van der Waals surface area contributed by atoms with E-state index in [2.05, 4.69) is 60.4 Å². The fourth-order valence-corrected chi connectivity index (χ4v) is 2.75. The van der Waals surface area contributed by atoms with Crippen LogP contribution < -0.4 is 10.6 Å². The Morgan fingerprint density at radius 1 is 1.11 bits per heavy atom. The Labute approximate surface area is 108 Å². The van der Waals surface area contributed by atoms with Gasteiger partial charge >= 0.3 is 0 Å². The minimum absolute atomic E-state index is 0.520. The highest BCUT2D eigenvalue weighted by Gasteiger charge is 2.26. The number of rotatable bonds is 2. The van der Waals surface area contributed by atoms with Crippen molar-refractivity contribution in [3.8, 4) is 0 Å². The third-order valence-corrected chi connectivity index (χ3v) is 3.66. The molecule has 1 aliphatic heterocycles. The fraction of sp³-hybridized carbons (Fsp3) is 0.250. The van der Waals surface area contributed by atoms with Crippen molar-refractivity contribution in [2.45, 2.75) is 25.9 Å². The maximum absolute atomic E-state index is 5.64. The standard InChI is InChI=1S/C16H18N2/c1-12-10-14-4-2-3-5-16(14)18(12)15-8-6-13(11-17)7-9-15/h2-9,12H,10-11,17H2,1H3. The van der Waals surface area contributed by atoms with Gasteiger partial charge in [-0.1, -0.05) is 30.3 Å². The lowest BCUT2D eigenvalue weighted by molar-refractivity contribution is 0.759. The fourth-order valence-electron chi connectivity index (χ4n) is 2.75. The van der Waals surface area contributed by atoms with Crippen molar-refractivity contribution in [1.82, 2.24) is 0 Å². The van der Waals surface area contributed by atoms with E-state index in [9.17, 15) is 0 Å². The molecule has 3 rings (SSSR count). The normalized spacial score (nSPS) is 17.9. The van der Waals surface area contributed by atoms with Crippen LogP contribution in [0.1, 0.15) is 18.1 Å². The first-order chi connectivity index (χ1) is 8.79. The van der Waals surface area contributed by atoms with E-state index in [4.69, 9.17) is 5.73 Å². The van der Waals surface area contributed by atoms with E-state index >= 15 is 0 Å². The predicted octanol–water partition coefficient (Wildman–Crippen LogP) is 3.23. The van der Waals surface area contributed by atoms with Crippen LogP contribution in [0.25, 0.3) is 0 Å². The average molecular weight is 238 g/mol. The highest BCUT2D eigenvalue weighted by Crippen LogP contribution is 2.37. The Bertz CT molecular complexity index is 545. The second kappa shape index (κ2) is 4.46. The van der Waals surface area contributed by atoms with Crippen molar-refractivity contribution in [1.29, 1.82) is 0 Å². The van der Waals surface area contributed by atoms with Crippen LogP contribution in [0, 0.1) is 0 Å². The molecule has 2 heteroatoms. The Morgan fingerprint density at radius 2 is 1.83 bits per heavy atom. The van der Waals surface area contributed by atoms with Gasteiger partial charge in [-0.15, -0.1) is 0 Å². The number of benzene rings is 2. The number of nitrogens with zero attached hydrogens (tertiary/aromatic N) is 1. The molecule has 0 fully saturated rings. The third-order valence-electron chi connectivity index (χ3n) is 3.66. The zero-order valence-corrected chi connectivity index (χ0v) is 10.6. The van der Waals surface area contributed by atoms with Crippen molar-refractivity contribution in [2.24, 2.45) is 5.73 Å². The molecule has 0 bridgehead atoms. The molecule has 0 radical (unpaired) electrons. The van der Waals surface area contributed by atoms with Gasteiger partial charge in [-0.3, -0.25) is 0 Å². The molecule has 1 heterocycles. The second-order valence-corrected chi connectivity index (χ2v) is 4.92. The Morgan fingerprint density at radius 3 is 2.56 bits per heavy atom. The molecule has 0 saturated heterocycles. The summed E-state index contributed by atoms with van der Waals surface area (Å²) < 4.78 is 0. The van der Waals surface area contributed by atoms with E-state index in [0.717, 1.165) is 6.42 Å². The van der Waals surface area contributed by atoms with Crippen LogP contribution in [0.5, 0.6) is 0 Å². The summed E-state index contributed by atoms with van der Waals surface area (Å²) in [4.78, 5) is 2.41. The molecule has 0 aromatic heterocycles. The van der Waals surface area contributed by atoms with Crippen LogP contribution >= 0.6 is 0 Å². The lowest BCUT2D eigenvalue weighted by atomic mass is 10.1. The van der Waals surface area contributed by atoms with Crippen LogP contribution in [0.4, 0.5) is 11.4 Å². The number of nitrogens with two attached hydrogens (primary N) is 1. The second-order valence-electron chi connectivity index (χ2n) is 4.92. The molecule has 1 aliphatic rings.